The van der Waals surface area contributed by atoms with Crippen molar-refractivity contribution in [2.24, 2.45) is 0 Å². The molecule has 0 amide bonds. The van der Waals surface area contributed by atoms with Crippen LogP contribution in [-0.2, 0) is 40.2 Å². The SMILES string of the molecule is C1=C\CC/C=C\CC/1.C1=C\CC/C=C\CC/1.C[O-].C[O-].[Ir].[Ir]. The van der Waals surface area contributed by atoms with Gasteiger partial charge in [0.25, 0.3) is 0 Å². The van der Waals surface area contributed by atoms with Crippen LogP contribution < -0.4 is 10.2 Å². The van der Waals surface area contributed by atoms with E-state index in [2.05, 4.69) is 48.6 Å². The molecule has 0 heterocycles. The van der Waals surface area contributed by atoms with E-state index in [9.17, 15) is 0 Å². The van der Waals surface area contributed by atoms with Crippen molar-refractivity contribution in [3.8, 4) is 0 Å². The van der Waals surface area contributed by atoms with E-state index < -0.39 is 0 Å². The average Bonchev–Trinajstić information content (AvgIpc) is 2.42. The fraction of sp³-hybridized carbons (Fsp3) is 0.556. The van der Waals surface area contributed by atoms with Gasteiger partial charge in [-0.3, -0.25) is 0 Å². The van der Waals surface area contributed by atoms with Crippen molar-refractivity contribution in [1.82, 2.24) is 0 Å². The Bertz CT molecular complexity index is 192. The topological polar surface area (TPSA) is 46.1 Å². The monoisotopic (exact) mass is 664 g/mol. The van der Waals surface area contributed by atoms with Gasteiger partial charge in [0.2, 0.25) is 0 Å². The third kappa shape index (κ3) is 28.4. The summed E-state index contributed by atoms with van der Waals surface area (Å²) in [4.78, 5) is 0. The molecule has 0 bridgehead atoms. The first kappa shape index (κ1) is 30.1. The van der Waals surface area contributed by atoms with Gasteiger partial charge in [-0.05, 0) is 51.4 Å². The van der Waals surface area contributed by atoms with Crippen LogP contribution in [0.2, 0.25) is 0 Å². The van der Waals surface area contributed by atoms with Crippen molar-refractivity contribution >= 4 is 0 Å². The zero-order valence-electron chi connectivity index (χ0n) is 13.8. The summed E-state index contributed by atoms with van der Waals surface area (Å²) in [7, 11) is 1.50. The Kier molecular flexibility index (Phi) is 45.1. The summed E-state index contributed by atoms with van der Waals surface area (Å²) in [5, 5.41) is 16.5. The molecule has 0 fully saturated rings. The molecule has 2 aliphatic carbocycles. The molecule has 134 valence electrons. The first-order chi connectivity index (χ1) is 10.0. The molecule has 2 nitrogen and oxygen atoms in total. The minimum Gasteiger partial charge on any atom is -0.857 e. The molecule has 0 aromatic carbocycles. The van der Waals surface area contributed by atoms with Crippen molar-refractivity contribution in [1.29, 1.82) is 0 Å². The van der Waals surface area contributed by atoms with E-state index in [-0.39, 0.29) is 40.2 Å². The maximum atomic E-state index is 8.25. The van der Waals surface area contributed by atoms with Crippen LogP contribution in [0.3, 0.4) is 0 Å². The maximum Gasteiger partial charge on any atom is 0 e. The molecular weight excluding hydrogens is 633 g/mol. The van der Waals surface area contributed by atoms with E-state index in [0.29, 0.717) is 0 Å². The van der Waals surface area contributed by atoms with E-state index in [1.807, 2.05) is 0 Å². The smallest absolute Gasteiger partial charge is 0 e. The van der Waals surface area contributed by atoms with Gasteiger partial charge in [0.1, 0.15) is 0 Å². The maximum absolute atomic E-state index is 8.25. The number of allylic oxidation sites excluding steroid dienone is 8. The molecule has 0 aromatic heterocycles. The number of hydrogen-bond acceptors (Lipinski definition) is 2. The number of hydrogen-bond donors (Lipinski definition) is 0. The van der Waals surface area contributed by atoms with Crippen molar-refractivity contribution < 1.29 is 50.4 Å². The summed E-state index contributed by atoms with van der Waals surface area (Å²) < 4.78 is 0. The Morgan fingerprint density at radius 1 is 0.364 bits per heavy atom. The predicted molar refractivity (Wildman–Crippen MR) is 85.3 cm³/mol. The van der Waals surface area contributed by atoms with Gasteiger partial charge >= 0.3 is 0 Å². The van der Waals surface area contributed by atoms with E-state index in [1.54, 1.807) is 0 Å². The van der Waals surface area contributed by atoms with Gasteiger partial charge < -0.3 is 10.2 Å². The zero-order valence-corrected chi connectivity index (χ0v) is 18.5. The largest absolute Gasteiger partial charge is 0.857 e. The molecule has 0 N–H and O–H groups in total. The predicted octanol–water partition coefficient (Wildman–Crippen LogP) is 3.29. The molecule has 0 aliphatic heterocycles. The molecule has 0 aromatic rings. The summed E-state index contributed by atoms with van der Waals surface area (Å²) in [6.45, 7) is 0. The standard InChI is InChI=1S/2C8H12.2CH3O.2Ir/c2*1-2-4-6-8-7-5-3-1;2*1-2;;/h2*1-2,7-8H,3-6H2;2*1H3;;/q;;2*-1;;/b2*2-1-,8-7-;;;;. The summed E-state index contributed by atoms with van der Waals surface area (Å²) >= 11 is 0. The van der Waals surface area contributed by atoms with Crippen molar-refractivity contribution in [2.75, 3.05) is 14.2 Å². The molecule has 2 aliphatic rings. The van der Waals surface area contributed by atoms with Gasteiger partial charge in [0, 0.05) is 40.2 Å². The Hall–Kier alpha value is 0.179. The van der Waals surface area contributed by atoms with Crippen LogP contribution in [0.15, 0.2) is 48.6 Å². The first-order valence-electron chi connectivity index (χ1n) is 7.42. The average molecular weight is 663 g/mol. The van der Waals surface area contributed by atoms with Crippen LogP contribution in [-0.4, -0.2) is 14.2 Å². The van der Waals surface area contributed by atoms with Crippen LogP contribution in [0.25, 0.3) is 0 Å². The second-order valence-corrected chi connectivity index (χ2v) is 4.20. The van der Waals surface area contributed by atoms with Crippen LogP contribution in [0.1, 0.15) is 51.4 Å². The van der Waals surface area contributed by atoms with E-state index in [4.69, 9.17) is 10.2 Å². The Morgan fingerprint density at radius 3 is 0.545 bits per heavy atom. The molecule has 22 heavy (non-hydrogen) atoms. The Labute approximate surface area is 164 Å². The zero-order chi connectivity index (χ0) is 15.3. The molecule has 2 radical (unpaired) electrons. The van der Waals surface area contributed by atoms with Crippen LogP contribution >= 0.6 is 0 Å². The molecule has 0 saturated heterocycles. The van der Waals surface area contributed by atoms with E-state index in [1.165, 1.54) is 51.4 Å². The van der Waals surface area contributed by atoms with E-state index >= 15 is 0 Å². The minimum absolute atomic E-state index is 0. The molecule has 4 heteroatoms. The van der Waals surface area contributed by atoms with Crippen molar-refractivity contribution in [2.45, 2.75) is 51.4 Å². The summed E-state index contributed by atoms with van der Waals surface area (Å²) in [6, 6.07) is 0. The third-order valence-corrected chi connectivity index (χ3v) is 2.67. The molecular formula is C18H30Ir2O2-2. The first-order valence-corrected chi connectivity index (χ1v) is 7.42. The fourth-order valence-electron chi connectivity index (χ4n) is 1.71. The van der Waals surface area contributed by atoms with E-state index in [0.717, 1.165) is 14.2 Å². The molecule has 0 spiro atoms. The second-order valence-electron chi connectivity index (χ2n) is 4.20. The summed E-state index contributed by atoms with van der Waals surface area (Å²) in [5.41, 5.74) is 0. The summed E-state index contributed by atoms with van der Waals surface area (Å²) in [6.07, 6.45) is 28.0. The van der Waals surface area contributed by atoms with Gasteiger partial charge in [-0.2, -0.15) is 14.2 Å². The van der Waals surface area contributed by atoms with Crippen LogP contribution in [0.5, 0.6) is 0 Å². The molecule has 0 saturated carbocycles. The Balaban J connectivity index is -0.000000112. The van der Waals surface area contributed by atoms with Gasteiger partial charge in [-0.1, -0.05) is 48.6 Å². The molecule has 2 rings (SSSR count). The third-order valence-electron chi connectivity index (χ3n) is 2.67. The van der Waals surface area contributed by atoms with Gasteiger partial charge in [-0.25, -0.2) is 0 Å². The number of rotatable bonds is 0. The normalized spacial score (nSPS) is 20.9. The quantitative estimate of drug-likeness (QED) is 0.374. The van der Waals surface area contributed by atoms with Gasteiger partial charge in [0.05, 0.1) is 0 Å². The fourth-order valence-corrected chi connectivity index (χ4v) is 1.71. The Morgan fingerprint density at radius 2 is 0.455 bits per heavy atom. The second kappa shape index (κ2) is 32.9. The van der Waals surface area contributed by atoms with Gasteiger partial charge in [-0.15, -0.1) is 0 Å². The minimum atomic E-state index is 0. The van der Waals surface area contributed by atoms with Crippen molar-refractivity contribution in [3.63, 3.8) is 0 Å². The molecule has 0 atom stereocenters. The van der Waals surface area contributed by atoms with Crippen LogP contribution in [0, 0.1) is 0 Å². The van der Waals surface area contributed by atoms with Crippen LogP contribution in [0.4, 0.5) is 0 Å². The van der Waals surface area contributed by atoms with Crippen molar-refractivity contribution in [3.05, 3.63) is 48.6 Å². The molecule has 0 unspecified atom stereocenters. The van der Waals surface area contributed by atoms with Gasteiger partial charge in [0.15, 0.2) is 0 Å². The summed E-state index contributed by atoms with van der Waals surface area (Å²) in [5.74, 6) is 0.